The first kappa shape index (κ1) is 20.7. The molecule has 0 saturated carbocycles. The van der Waals surface area contributed by atoms with Crippen LogP contribution in [-0.4, -0.2) is 32.0 Å². The van der Waals surface area contributed by atoms with Crippen LogP contribution in [0.25, 0.3) is 0 Å². The summed E-state index contributed by atoms with van der Waals surface area (Å²) in [5.74, 6) is 0. The van der Waals surface area contributed by atoms with Crippen molar-refractivity contribution in [2.45, 2.75) is 26.4 Å². The van der Waals surface area contributed by atoms with Gasteiger partial charge in [0.25, 0.3) is 0 Å². The lowest BCUT2D eigenvalue weighted by atomic mass is 10.1. The summed E-state index contributed by atoms with van der Waals surface area (Å²) in [6.45, 7) is 9.75. The lowest BCUT2D eigenvalue weighted by molar-refractivity contribution is 0.0582. The number of rotatable bonds is 5. The number of halogens is 2. The molecule has 1 aromatic rings. The quantitative estimate of drug-likeness (QED) is 0.579. The maximum Gasteiger partial charge on any atom is 0.415 e. The third-order valence-corrected chi connectivity index (χ3v) is 3.82. The van der Waals surface area contributed by atoms with Crippen molar-refractivity contribution in [1.82, 2.24) is 0 Å². The Morgan fingerprint density at radius 2 is 2.00 bits per heavy atom. The highest BCUT2D eigenvalue weighted by atomic mass is 79.9. The molecule has 0 saturated heterocycles. The number of hydrogen-bond acceptors (Lipinski definition) is 4. The number of carbonyl (C=O) groups is 1. The van der Waals surface area contributed by atoms with Crippen molar-refractivity contribution < 1.29 is 14.3 Å². The van der Waals surface area contributed by atoms with E-state index in [4.69, 9.17) is 9.47 Å². The summed E-state index contributed by atoms with van der Waals surface area (Å²) >= 11 is 6.77. The van der Waals surface area contributed by atoms with E-state index in [1.807, 2.05) is 0 Å². The van der Waals surface area contributed by atoms with Crippen LogP contribution in [0.5, 0.6) is 0 Å². The van der Waals surface area contributed by atoms with Crippen molar-refractivity contribution >= 4 is 43.6 Å². The van der Waals surface area contributed by atoms with Gasteiger partial charge in [-0.05, 0) is 54.4 Å². The van der Waals surface area contributed by atoms with Gasteiger partial charge in [0.2, 0.25) is 0 Å². The van der Waals surface area contributed by atoms with Gasteiger partial charge in [0.1, 0.15) is 11.7 Å². The van der Waals surface area contributed by atoms with Crippen LogP contribution in [0.15, 0.2) is 33.2 Å². The molecule has 0 aliphatic heterocycles. The van der Waals surface area contributed by atoms with Crippen molar-refractivity contribution in [2.75, 3.05) is 25.2 Å². The molecule has 0 spiro atoms. The van der Waals surface area contributed by atoms with Crippen molar-refractivity contribution in [1.29, 1.82) is 5.26 Å². The molecule has 0 heterocycles. The highest BCUT2D eigenvalue weighted by Crippen LogP contribution is 2.34. The van der Waals surface area contributed by atoms with E-state index in [-0.39, 0.29) is 6.54 Å². The second kappa shape index (κ2) is 8.65. The molecule has 0 fully saturated rings. The average molecular weight is 460 g/mol. The average Bonchev–Trinajstić information content (AvgIpc) is 2.43. The highest BCUT2D eigenvalue weighted by Gasteiger charge is 2.27. The Morgan fingerprint density at radius 1 is 1.38 bits per heavy atom. The Labute approximate surface area is 159 Å². The highest BCUT2D eigenvalue weighted by molar-refractivity contribution is 9.11. The zero-order valence-electron chi connectivity index (χ0n) is 14.2. The number of amides is 1. The molecule has 0 N–H and O–H groups in total. The molecule has 7 heteroatoms. The normalized spacial score (nSPS) is 10.9. The van der Waals surface area contributed by atoms with E-state index in [1.165, 1.54) is 4.90 Å². The van der Waals surface area contributed by atoms with E-state index < -0.39 is 11.7 Å². The monoisotopic (exact) mass is 458 g/mol. The molecule has 0 aliphatic rings. The molecule has 24 heavy (non-hydrogen) atoms. The summed E-state index contributed by atoms with van der Waals surface area (Å²) < 4.78 is 11.9. The number of hydrogen-bond donors (Lipinski definition) is 0. The summed E-state index contributed by atoms with van der Waals surface area (Å²) in [5, 5.41) is 9.45. The van der Waals surface area contributed by atoms with Crippen LogP contribution in [-0.2, 0) is 9.47 Å². The lowest BCUT2D eigenvalue weighted by Crippen LogP contribution is -2.39. The molecule has 1 rings (SSSR count). The van der Waals surface area contributed by atoms with Gasteiger partial charge in [0.15, 0.2) is 0 Å². The Kier molecular flexibility index (Phi) is 7.46. The maximum absolute atomic E-state index is 12.7. The van der Waals surface area contributed by atoms with Crippen LogP contribution < -0.4 is 4.90 Å². The zero-order chi connectivity index (χ0) is 18.5. The van der Waals surface area contributed by atoms with Crippen LogP contribution in [0.2, 0.25) is 0 Å². The SMILES string of the molecule is C=C(COC)CN(C(=O)OC(C)(C)C)c1c(Br)cc(Br)cc1C#N. The molecule has 0 atom stereocenters. The number of nitriles is 1. The molecular formula is C17H20Br2N2O3. The summed E-state index contributed by atoms with van der Waals surface area (Å²) in [4.78, 5) is 14.1. The molecule has 0 aliphatic carbocycles. The van der Waals surface area contributed by atoms with Gasteiger partial charge in [-0.25, -0.2) is 4.79 Å². The van der Waals surface area contributed by atoms with E-state index in [9.17, 15) is 10.1 Å². The van der Waals surface area contributed by atoms with Crippen molar-refractivity contribution in [3.05, 3.63) is 38.8 Å². The van der Waals surface area contributed by atoms with E-state index >= 15 is 0 Å². The van der Waals surface area contributed by atoms with Gasteiger partial charge < -0.3 is 9.47 Å². The minimum absolute atomic E-state index is 0.178. The van der Waals surface area contributed by atoms with Crippen LogP contribution in [0.3, 0.4) is 0 Å². The molecular weight excluding hydrogens is 440 g/mol. The molecule has 0 unspecified atom stereocenters. The minimum atomic E-state index is -0.660. The van der Waals surface area contributed by atoms with Crippen LogP contribution in [0.4, 0.5) is 10.5 Å². The second-order valence-corrected chi connectivity index (χ2v) is 7.92. The minimum Gasteiger partial charge on any atom is -0.443 e. The summed E-state index contributed by atoms with van der Waals surface area (Å²) in [5.41, 5.74) is 0.800. The maximum atomic E-state index is 12.7. The largest absolute Gasteiger partial charge is 0.443 e. The van der Waals surface area contributed by atoms with Gasteiger partial charge in [-0.15, -0.1) is 0 Å². The fourth-order valence-corrected chi connectivity index (χ4v) is 3.39. The summed E-state index contributed by atoms with van der Waals surface area (Å²) in [7, 11) is 1.55. The Hall–Kier alpha value is -1.36. The number of anilines is 1. The van der Waals surface area contributed by atoms with E-state index in [1.54, 1.807) is 40.0 Å². The van der Waals surface area contributed by atoms with Gasteiger partial charge in [-0.3, -0.25) is 4.90 Å². The predicted molar refractivity (Wildman–Crippen MR) is 101 cm³/mol. The first-order valence-corrected chi connectivity index (χ1v) is 8.73. The number of ether oxygens (including phenoxy) is 2. The molecule has 1 aromatic carbocycles. The fourth-order valence-electron chi connectivity index (χ4n) is 1.95. The van der Waals surface area contributed by atoms with Crippen molar-refractivity contribution in [2.24, 2.45) is 0 Å². The van der Waals surface area contributed by atoms with Crippen LogP contribution >= 0.6 is 31.9 Å². The molecule has 1 amide bonds. The number of benzene rings is 1. The van der Waals surface area contributed by atoms with Gasteiger partial charge in [0.05, 0.1) is 24.4 Å². The Balaban J connectivity index is 3.35. The Bertz CT molecular complexity index is 676. The van der Waals surface area contributed by atoms with Gasteiger partial charge in [-0.1, -0.05) is 22.5 Å². The second-order valence-electron chi connectivity index (χ2n) is 6.15. The van der Waals surface area contributed by atoms with Gasteiger partial charge in [0, 0.05) is 16.1 Å². The fraction of sp³-hybridized carbons (Fsp3) is 0.412. The molecule has 0 aromatic heterocycles. The standard InChI is InChI=1S/C17H20Br2N2O3/c1-11(10-23-5)9-21(16(22)24-17(2,3)4)15-12(8-20)6-13(18)7-14(15)19/h6-7H,1,9-10H2,2-5H3. The number of nitrogens with zero attached hydrogens (tertiary/aromatic N) is 2. The van der Waals surface area contributed by atoms with Gasteiger partial charge in [-0.2, -0.15) is 5.26 Å². The Morgan fingerprint density at radius 3 is 2.50 bits per heavy atom. The zero-order valence-corrected chi connectivity index (χ0v) is 17.3. The molecule has 5 nitrogen and oxygen atoms in total. The van der Waals surface area contributed by atoms with Crippen molar-refractivity contribution in [3.8, 4) is 6.07 Å². The molecule has 0 radical (unpaired) electrons. The third-order valence-electron chi connectivity index (χ3n) is 2.76. The van der Waals surface area contributed by atoms with E-state index in [2.05, 4.69) is 44.5 Å². The van der Waals surface area contributed by atoms with E-state index in [0.717, 1.165) is 4.47 Å². The third kappa shape index (κ3) is 5.93. The first-order valence-electron chi connectivity index (χ1n) is 7.14. The van der Waals surface area contributed by atoms with E-state index in [0.29, 0.717) is 27.9 Å². The lowest BCUT2D eigenvalue weighted by Gasteiger charge is -2.29. The smallest absolute Gasteiger partial charge is 0.415 e. The number of methoxy groups -OCH3 is 1. The predicted octanol–water partition coefficient (Wildman–Crippen LogP) is 5.03. The molecule has 130 valence electrons. The summed E-state index contributed by atoms with van der Waals surface area (Å²) in [6.07, 6.45) is -0.556. The topological polar surface area (TPSA) is 62.6 Å². The summed E-state index contributed by atoms with van der Waals surface area (Å²) in [6, 6.07) is 5.53. The van der Waals surface area contributed by atoms with Crippen LogP contribution in [0, 0.1) is 11.3 Å². The first-order chi connectivity index (χ1) is 11.1. The molecule has 0 bridgehead atoms. The van der Waals surface area contributed by atoms with Crippen LogP contribution in [0.1, 0.15) is 26.3 Å². The van der Waals surface area contributed by atoms with Gasteiger partial charge >= 0.3 is 6.09 Å². The number of carbonyl (C=O) groups excluding carboxylic acids is 1. The van der Waals surface area contributed by atoms with Crippen molar-refractivity contribution in [3.63, 3.8) is 0 Å².